The van der Waals surface area contributed by atoms with Crippen LogP contribution in [-0.2, 0) is 4.79 Å². The van der Waals surface area contributed by atoms with E-state index in [-0.39, 0.29) is 0 Å². The summed E-state index contributed by atoms with van der Waals surface area (Å²) in [5.41, 5.74) is 0. The molecule has 0 aromatic heterocycles. The van der Waals surface area contributed by atoms with Crippen LogP contribution in [0.3, 0.4) is 0 Å². The minimum Gasteiger partial charge on any atom is -0.353 e. The summed E-state index contributed by atoms with van der Waals surface area (Å²) in [7, 11) is 0. The zero-order chi connectivity index (χ0) is 10.1. The molecule has 2 nitrogen and oxygen atoms in total. The predicted molar refractivity (Wildman–Crippen MR) is 56.8 cm³/mol. The first-order valence-electron chi connectivity index (χ1n) is 6.01. The maximum Gasteiger partial charge on any atom is 0.223 e. The van der Waals surface area contributed by atoms with E-state index in [0.717, 1.165) is 37.5 Å². The van der Waals surface area contributed by atoms with Gasteiger partial charge in [0.25, 0.3) is 0 Å². The van der Waals surface area contributed by atoms with Gasteiger partial charge in [-0.3, -0.25) is 4.79 Å². The molecule has 0 spiro atoms. The van der Waals surface area contributed by atoms with Crippen molar-refractivity contribution in [3.05, 3.63) is 0 Å². The van der Waals surface area contributed by atoms with Crippen molar-refractivity contribution in [1.29, 1.82) is 0 Å². The van der Waals surface area contributed by atoms with E-state index in [9.17, 15) is 4.79 Å². The predicted octanol–water partition coefficient (Wildman–Crippen LogP) is 2.34. The molecule has 0 aromatic carbocycles. The van der Waals surface area contributed by atoms with Gasteiger partial charge in [0.05, 0.1) is 0 Å². The Morgan fingerprint density at radius 3 is 2.57 bits per heavy atom. The van der Waals surface area contributed by atoms with Crippen LogP contribution in [0.2, 0.25) is 0 Å². The van der Waals surface area contributed by atoms with Crippen LogP contribution in [0, 0.1) is 17.8 Å². The highest BCUT2D eigenvalue weighted by molar-refractivity contribution is 5.79. The van der Waals surface area contributed by atoms with Gasteiger partial charge in [-0.05, 0) is 44.4 Å². The molecule has 2 rings (SSSR count). The van der Waals surface area contributed by atoms with Gasteiger partial charge >= 0.3 is 0 Å². The molecule has 1 amide bonds. The highest BCUT2D eigenvalue weighted by Crippen LogP contribution is 2.54. The molecule has 2 heteroatoms. The van der Waals surface area contributed by atoms with Crippen molar-refractivity contribution in [3.8, 4) is 0 Å². The zero-order valence-corrected chi connectivity index (χ0v) is 9.25. The molecule has 3 atom stereocenters. The van der Waals surface area contributed by atoms with Gasteiger partial charge < -0.3 is 5.32 Å². The first-order valence-corrected chi connectivity index (χ1v) is 6.01. The SMILES string of the molecule is CCCC(C)NC(=O)C1CC2CC2C1. The van der Waals surface area contributed by atoms with E-state index in [1.807, 2.05) is 0 Å². The fourth-order valence-corrected chi connectivity index (χ4v) is 2.79. The van der Waals surface area contributed by atoms with Crippen LogP contribution in [0.5, 0.6) is 0 Å². The van der Waals surface area contributed by atoms with Crippen molar-refractivity contribution in [3.63, 3.8) is 0 Å². The number of hydrogen-bond acceptors (Lipinski definition) is 1. The lowest BCUT2D eigenvalue weighted by molar-refractivity contribution is -0.125. The third-order valence-corrected chi connectivity index (χ3v) is 3.72. The third-order valence-electron chi connectivity index (χ3n) is 3.72. The second-order valence-corrected chi connectivity index (χ2v) is 5.12. The van der Waals surface area contributed by atoms with Crippen LogP contribution < -0.4 is 5.32 Å². The Morgan fingerprint density at radius 1 is 1.36 bits per heavy atom. The molecule has 2 aliphatic carbocycles. The second-order valence-electron chi connectivity index (χ2n) is 5.12. The molecular weight excluding hydrogens is 174 g/mol. The minimum atomic E-state index is 0.318. The van der Waals surface area contributed by atoms with E-state index in [1.54, 1.807) is 0 Å². The number of carbonyl (C=O) groups is 1. The molecule has 1 N–H and O–H groups in total. The number of rotatable bonds is 4. The fraction of sp³-hybridized carbons (Fsp3) is 0.917. The smallest absolute Gasteiger partial charge is 0.223 e. The summed E-state index contributed by atoms with van der Waals surface area (Å²) >= 11 is 0. The lowest BCUT2D eigenvalue weighted by Crippen LogP contribution is -2.36. The van der Waals surface area contributed by atoms with Gasteiger partial charge in [0.1, 0.15) is 0 Å². The maximum atomic E-state index is 11.8. The fourth-order valence-electron chi connectivity index (χ4n) is 2.79. The zero-order valence-electron chi connectivity index (χ0n) is 9.25. The van der Waals surface area contributed by atoms with Crippen LogP contribution in [0.25, 0.3) is 0 Å². The molecule has 0 radical (unpaired) electrons. The van der Waals surface area contributed by atoms with Crippen LogP contribution in [-0.4, -0.2) is 11.9 Å². The molecule has 2 saturated carbocycles. The number of nitrogens with one attached hydrogen (secondary N) is 1. The van der Waals surface area contributed by atoms with Gasteiger partial charge in [-0.25, -0.2) is 0 Å². The molecule has 2 aliphatic rings. The number of fused-ring (bicyclic) bond motifs is 1. The Labute approximate surface area is 86.5 Å². The van der Waals surface area contributed by atoms with Gasteiger partial charge in [-0.1, -0.05) is 13.3 Å². The average molecular weight is 195 g/mol. The Morgan fingerprint density at radius 2 is 2.00 bits per heavy atom. The Kier molecular flexibility index (Phi) is 2.80. The first kappa shape index (κ1) is 10.0. The standard InChI is InChI=1S/C12H21NO/c1-3-4-8(2)13-12(14)11-6-9-5-10(9)7-11/h8-11H,3-7H2,1-2H3,(H,13,14). The maximum absolute atomic E-state index is 11.8. The molecule has 2 fully saturated rings. The summed E-state index contributed by atoms with van der Waals surface area (Å²) in [5, 5.41) is 3.12. The van der Waals surface area contributed by atoms with Gasteiger partial charge in [0.15, 0.2) is 0 Å². The van der Waals surface area contributed by atoms with Crippen molar-refractivity contribution < 1.29 is 4.79 Å². The second kappa shape index (κ2) is 3.92. The van der Waals surface area contributed by atoms with Gasteiger partial charge in [-0.15, -0.1) is 0 Å². The van der Waals surface area contributed by atoms with Crippen molar-refractivity contribution in [1.82, 2.24) is 5.32 Å². The lowest BCUT2D eigenvalue weighted by atomic mass is 10.0. The Hall–Kier alpha value is -0.530. The summed E-state index contributed by atoms with van der Waals surface area (Å²) in [6.45, 7) is 4.27. The normalized spacial score (nSPS) is 36.3. The molecule has 0 aliphatic heterocycles. The molecule has 0 bridgehead atoms. The molecule has 0 saturated heterocycles. The van der Waals surface area contributed by atoms with E-state index in [2.05, 4.69) is 19.2 Å². The number of carbonyl (C=O) groups excluding carboxylic acids is 1. The van der Waals surface area contributed by atoms with E-state index in [1.165, 1.54) is 6.42 Å². The first-order chi connectivity index (χ1) is 6.70. The summed E-state index contributed by atoms with van der Waals surface area (Å²) in [6, 6.07) is 0.365. The summed E-state index contributed by atoms with van der Waals surface area (Å²) in [4.78, 5) is 11.8. The monoisotopic (exact) mass is 195 g/mol. The van der Waals surface area contributed by atoms with Crippen LogP contribution in [0.15, 0.2) is 0 Å². The quantitative estimate of drug-likeness (QED) is 0.733. The number of amides is 1. The van der Waals surface area contributed by atoms with Gasteiger partial charge in [-0.2, -0.15) is 0 Å². The van der Waals surface area contributed by atoms with E-state index in [4.69, 9.17) is 0 Å². The Balaban J connectivity index is 1.72. The lowest BCUT2D eigenvalue weighted by Gasteiger charge is -2.17. The highest BCUT2D eigenvalue weighted by Gasteiger charge is 2.47. The minimum absolute atomic E-state index is 0.318. The van der Waals surface area contributed by atoms with E-state index >= 15 is 0 Å². The van der Waals surface area contributed by atoms with Gasteiger partial charge in [0.2, 0.25) is 5.91 Å². The molecule has 0 aromatic rings. The molecule has 14 heavy (non-hydrogen) atoms. The molecule has 0 heterocycles. The van der Waals surface area contributed by atoms with Crippen molar-refractivity contribution >= 4 is 5.91 Å². The van der Waals surface area contributed by atoms with Crippen LogP contribution in [0.4, 0.5) is 0 Å². The molecule has 80 valence electrons. The van der Waals surface area contributed by atoms with E-state index < -0.39 is 0 Å². The molecular formula is C12H21NO. The summed E-state index contributed by atoms with van der Waals surface area (Å²) < 4.78 is 0. The Bertz CT molecular complexity index is 216. The molecule has 3 unspecified atom stereocenters. The highest BCUT2D eigenvalue weighted by atomic mass is 16.1. The van der Waals surface area contributed by atoms with Crippen molar-refractivity contribution in [2.75, 3.05) is 0 Å². The largest absolute Gasteiger partial charge is 0.353 e. The van der Waals surface area contributed by atoms with Crippen molar-refractivity contribution in [2.45, 2.75) is 52.0 Å². The van der Waals surface area contributed by atoms with Gasteiger partial charge in [0, 0.05) is 12.0 Å². The van der Waals surface area contributed by atoms with Crippen LogP contribution in [0.1, 0.15) is 46.0 Å². The summed E-state index contributed by atoms with van der Waals surface area (Å²) in [6.07, 6.45) is 5.97. The average Bonchev–Trinajstić information content (AvgIpc) is 2.74. The number of hydrogen-bond donors (Lipinski definition) is 1. The summed E-state index contributed by atoms with van der Waals surface area (Å²) in [5.74, 6) is 2.48. The third kappa shape index (κ3) is 2.10. The van der Waals surface area contributed by atoms with E-state index in [0.29, 0.717) is 17.9 Å². The van der Waals surface area contributed by atoms with Crippen LogP contribution >= 0.6 is 0 Å². The van der Waals surface area contributed by atoms with Crippen molar-refractivity contribution in [2.24, 2.45) is 17.8 Å². The topological polar surface area (TPSA) is 29.1 Å².